The minimum absolute atomic E-state index is 0.0133. The van der Waals surface area contributed by atoms with Crippen LogP contribution in [0.15, 0.2) is 36.9 Å². The maximum absolute atomic E-state index is 14.8. The lowest BCUT2D eigenvalue weighted by Crippen LogP contribution is -2.43. The van der Waals surface area contributed by atoms with Crippen LogP contribution in [-0.2, 0) is 6.42 Å². The van der Waals surface area contributed by atoms with Gasteiger partial charge in [-0.1, -0.05) is 0 Å². The quantitative estimate of drug-likeness (QED) is 0.505. The van der Waals surface area contributed by atoms with Gasteiger partial charge in [0, 0.05) is 55.3 Å². The molecule has 1 aliphatic rings. The zero-order chi connectivity index (χ0) is 24.2. The van der Waals surface area contributed by atoms with E-state index >= 15 is 0 Å². The molecule has 4 rings (SSSR count). The van der Waals surface area contributed by atoms with Crippen molar-refractivity contribution in [3.05, 3.63) is 54.0 Å². The van der Waals surface area contributed by atoms with Crippen molar-refractivity contribution in [1.82, 2.24) is 19.9 Å². The number of carbonyl (C=O) groups excluding carboxylic acids is 1. The fourth-order valence-electron chi connectivity index (χ4n) is 4.02. The van der Waals surface area contributed by atoms with Crippen molar-refractivity contribution in [3.63, 3.8) is 0 Å². The maximum Gasteiger partial charge on any atom is 0.233 e. The average molecular weight is 466 g/mol. The molecule has 4 heterocycles. The average Bonchev–Trinajstić information content (AvgIpc) is 2.79. The molecule has 3 aromatic heterocycles. The number of nitrogens with zero attached hydrogens (tertiary/aromatic N) is 5. The van der Waals surface area contributed by atoms with E-state index in [1.807, 2.05) is 19.9 Å². The van der Waals surface area contributed by atoms with Crippen molar-refractivity contribution in [1.29, 1.82) is 0 Å². The highest BCUT2D eigenvalue weighted by Crippen LogP contribution is 2.27. The molecule has 0 aromatic carbocycles. The first kappa shape index (κ1) is 23.5. The van der Waals surface area contributed by atoms with Crippen molar-refractivity contribution < 1.29 is 13.9 Å². The minimum Gasteiger partial charge on any atom is -0.474 e. The van der Waals surface area contributed by atoms with Crippen molar-refractivity contribution in [2.75, 3.05) is 23.7 Å². The van der Waals surface area contributed by atoms with Crippen molar-refractivity contribution in [2.45, 2.75) is 45.3 Å². The summed E-state index contributed by atoms with van der Waals surface area (Å²) in [6.45, 7) is 5.25. The van der Waals surface area contributed by atoms with E-state index in [2.05, 4.69) is 24.8 Å². The van der Waals surface area contributed by atoms with E-state index < -0.39 is 5.82 Å². The number of halogens is 1. The number of ketones is 1. The third-order valence-electron chi connectivity index (χ3n) is 5.51. The standard InChI is InChI=1S/C24H28FN7O2/c1-14(2)34-22-12-29-11-19(30-22)23-17(25)9-18(27)24(31-23)21(33)8-15-10-28-6-5-20(15)32-7-3-4-16(26)13-32/h5-6,9-12,14,16H,3-4,7-8,13,26-27H2,1-2H3/t16-/m0/s1. The van der Waals surface area contributed by atoms with Gasteiger partial charge in [0.2, 0.25) is 5.88 Å². The zero-order valence-corrected chi connectivity index (χ0v) is 19.2. The molecule has 1 fully saturated rings. The van der Waals surface area contributed by atoms with Crippen LogP contribution in [0.25, 0.3) is 11.4 Å². The molecule has 178 valence electrons. The Labute approximate surface area is 197 Å². The molecule has 10 heteroatoms. The molecule has 0 saturated carbocycles. The summed E-state index contributed by atoms with van der Waals surface area (Å²) in [5.41, 5.74) is 13.7. The second-order valence-electron chi connectivity index (χ2n) is 8.62. The third-order valence-corrected chi connectivity index (χ3v) is 5.51. The van der Waals surface area contributed by atoms with Gasteiger partial charge in [0.1, 0.15) is 17.1 Å². The molecule has 0 radical (unpaired) electrons. The van der Waals surface area contributed by atoms with E-state index in [4.69, 9.17) is 16.2 Å². The van der Waals surface area contributed by atoms with E-state index in [1.54, 1.807) is 12.4 Å². The first-order chi connectivity index (χ1) is 16.3. The topological polar surface area (TPSA) is 133 Å². The van der Waals surface area contributed by atoms with Crippen molar-refractivity contribution in [2.24, 2.45) is 5.73 Å². The fourth-order valence-corrected chi connectivity index (χ4v) is 4.02. The van der Waals surface area contributed by atoms with Crippen LogP contribution >= 0.6 is 0 Å². The second kappa shape index (κ2) is 10.1. The number of Topliss-reactive ketones (excluding diaryl/α,β-unsaturated/α-hetero) is 1. The van der Waals surface area contributed by atoms with E-state index in [0.717, 1.165) is 36.7 Å². The Morgan fingerprint density at radius 3 is 2.85 bits per heavy atom. The number of anilines is 2. The normalized spacial score (nSPS) is 16.0. The lowest BCUT2D eigenvalue weighted by Gasteiger charge is -2.33. The SMILES string of the molecule is CC(C)Oc1cncc(-c2nc(C(=O)Cc3cnccc3N3CCC[C@H](N)C3)c(N)cc2F)n1. The highest BCUT2D eigenvalue weighted by atomic mass is 19.1. The highest BCUT2D eigenvalue weighted by Gasteiger charge is 2.23. The molecule has 0 aliphatic carbocycles. The number of nitrogens with two attached hydrogens (primary N) is 2. The van der Waals surface area contributed by atoms with Crippen LogP contribution in [0.1, 0.15) is 42.7 Å². The largest absolute Gasteiger partial charge is 0.474 e. The van der Waals surface area contributed by atoms with Gasteiger partial charge in [-0.15, -0.1) is 0 Å². The number of pyridine rings is 2. The van der Waals surface area contributed by atoms with E-state index in [1.165, 1.54) is 12.4 Å². The Bertz CT molecular complexity index is 1190. The van der Waals surface area contributed by atoms with Crippen LogP contribution < -0.4 is 21.1 Å². The van der Waals surface area contributed by atoms with Crippen LogP contribution in [0.4, 0.5) is 15.8 Å². The summed E-state index contributed by atoms with van der Waals surface area (Å²) in [6.07, 6.45) is 7.98. The first-order valence-electron chi connectivity index (χ1n) is 11.2. The van der Waals surface area contributed by atoms with Gasteiger partial charge < -0.3 is 21.1 Å². The molecular weight excluding hydrogens is 437 g/mol. The molecule has 1 saturated heterocycles. The predicted octanol–water partition coefficient (Wildman–Crippen LogP) is 2.79. The summed E-state index contributed by atoms with van der Waals surface area (Å²) < 4.78 is 20.3. The number of aromatic nitrogens is 4. The van der Waals surface area contributed by atoms with Gasteiger partial charge in [0.15, 0.2) is 11.6 Å². The number of rotatable bonds is 7. The molecule has 0 bridgehead atoms. The van der Waals surface area contributed by atoms with Crippen LogP contribution in [0.5, 0.6) is 5.88 Å². The maximum atomic E-state index is 14.8. The smallest absolute Gasteiger partial charge is 0.233 e. The molecular formula is C24H28FN7O2. The van der Waals surface area contributed by atoms with Crippen LogP contribution in [0, 0.1) is 5.82 Å². The summed E-state index contributed by atoms with van der Waals surface area (Å²) in [6, 6.07) is 3.05. The molecule has 4 N–H and O–H groups in total. The number of piperidine rings is 1. The summed E-state index contributed by atoms with van der Waals surface area (Å²) in [4.78, 5) is 32.2. The Kier molecular flexibility index (Phi) is 6.97. The van der Waals surface area contributed by atoms with E-state index in [0.29, 0.717) is 6.54 Å². The second-order valence-corrected chi connectivity index (χ2v) is 8.62. The van der Waals surface area contributed by atoms with Crippen LogP contribution in [-0.4, -0.2) is 51.0 Å². The fraction of sp³-hybridized carbons (Fsp3) is 0.375. The van der Waals surface area contributed by atoms with Crippen LogP contribution in [0.3, 0.4) is 0 Å². The number of hydrogen-bond acceptors (Lipinski definition) is 9. The summed E-state index contributed by atoms with van der Waals surface area (Å²) >= 11 is 0. The lowest BCUT2D eigenvalue weighted by atomic mass is 10.0. The molecule has 1 atom stereocenters. The zero-order valence-electron chi connectivity index (χ0n) is 19.2. The van der Waals surface area contributed by atoms with Gasteiger partial charge in [-0.3, -0.25) is 14.8 Å². The molecule has 3 aromatic rings. The monoisotopic (exact) mass is 465 g/mol. The van der Waals surface area contributed by atoms with Gasteiger partial charge in [-0.2, -0.15) is 0 Å². The summed E-state index contributed by atoms with van der Waals surface area (Å²) in [5, 5.41) is 0. The van der Waals surface area contributed by atoms with Gasteiger partial charge in [0.05, 0.1) is 24.2 Å². The van der Waals surface area contributed by atoms with E-state index in [9.17, 15) is 9.18 Å². The molecule has 0 amide bonds. The number of ether oxygens (including phenoxy) is 1. The molecule has 0 unspecified atom stereocenters. The molecule has 34 heavy (non-hydrogen) atoms. The van der Waals surface area contributed by atoms with Crippen LogP contribution in [0.2, 0.25) is 0 Å². The lowest BCUT2D eigenvalue weighted by molar-refractivity contribution is 0.0989. The molecule has 0 spiro atoms. The highest BCUT2D eigenvalue weighted by molar-refractivity contribution is 6.01. The Balaban J connectivity index is 1.63. The van der Waals surface area contributed by atoms with Gasteiger partial charge in [-0.25, -0.2) is 14.4 Å². The van der Waals surface area contributed by atoms with Gasteiger partial charge in [-0.05, 0) is 32.8 Å². The summed E-state index contributed by atoms with van der Waals surface area (Å²) in [5.74, 6) is -0.815. The summed E-state index contributed by atoms with van der Waals surface area (Å²) in [7, 11) is 0. The number of nitrogen functional groups attached to an aromatic ring is 1. The van der Waals surface area contributed by atoms with E-state index in [-0.39, 0.29) is 53.0 Å². The van der Waals surface area contributed by atoms with Crippen molar-refractivity contribution in [3.8, 4) is 17.3 Å². The van der Waals surface area contributed by atoms with Crippen molar-refractivity contribution >= 4 is 17.2 Å². The predicted molar refractivity (Wildman–Crippen MR) is 127 cm³/mol. The Morgan fingerprint density at radius 2 is 2.09 bits per heavy atom. The third kappa shape index (κ3) is 5.28. The van der Waals surface area contributed by atoms with Gasteiger partial charge in [0.25, 0.3) is 0 Å². The number of carbonyl (C=O) groups is 1. The minimum atomic E-state index is -0.700. The molecule has 9 nitrogen and oxygen atoms in total. The molecule has 1 aliphatic heterocycles. The Hall–Kier alpha value is -3.66. The number of hydrogen-bond donors (Lipinski definition) is 2. The Morgan fingerprint density at radius 1 is 1.26 bits per heavy atom. The first-order valence-corrected chi connectivity index (χ1v) is 11.2. The van der Waals surface area contributed by atoms with Gasteiger partial charge >= 0.3 is 0 Å².